The summed E-state index contributed by atoms with van der Waals surface area (Å²) >= 11 is 0. The number of fused-ring (bicyclic) bond motifs is 1. The molecule has 0 amide bonds. The van der Waals surface area contributed by atoms with E-state index in [1.54, 1.807) is 12.1 Å². The van der Waals surface area contributed by atoms with Crippen molar-refractivity contribution >= 4 is 22.7 Å². The van der Waals surface area contributed by atoms with Crippen molar-refractivity contribution < 1.29 is 19.1 Å². The van der Waals surface area contributed by atoms with Crippen LogP contribution in [-0.4, -0.2) is 11.9 Å². The average Bonchev–Trinajstić information content (AvgIpc) is 2.66. The Morgan fingerprint density at radius 2 is 1.54 bits per heavy atom. The van der Waals surface area contributed by atoms with Crippen molar-refractivity contribution in [3.8, 4) is 5.75 Å². The van der Waals surface area contributed by atoms with Gasteiger partial charge in [-0.3, -0.25) is 0 Å². The summed E-state index contributed by atoms with van der Waals surface area (Å²) in [5.41, 5.74) is 1.72. The van der Waals surface area contributed by atoms with Crippen LogP contribution >= 0.6 is 0 Å². The number of esters is 2. The molecule has 130 valence electrons. The molecule has 3 aromatic carbocycles. The minimum Gasteiger partial charge on any atom is -0.458 e. The zero-order chi connectivity index (χ0) is 18.4. The highest BCUT2D eigenvalue weighted by Gasteiger charge is 2.05. The molecule has 0 aliphatic carbocycles. The SMILES string of the molecule is Cc1ccccc1OC(=O)/C=C/C(=O)OCc1ccc2ccccc2c1. The first kappa shape index (κ1) is 17.4. The third-order valence-electron chi connectivity index (χ3n) is 3.85. The van der Waals surface area contributed by atoms with E-state index in [-0.39, 0.29) is 6.61 Å². The topological polar surface area (TPSA) is 52.6 Å². The number of carbonyl (C=O) groups is 2. The highest BCUT2D eigenvalue weighted by molar-refractivity contribution is 5.92. The minimum atomic E-state index is -0.623. The number of carbonyl (C=O) groups excluding carboxylic acids is 2. The van der Waals surface area contributed by atoms with Crippen LogP contribution < -0.4 is 4.74 Å². The van der Waals surface area contributed by atoms with Crippen LogP contribution in [0.1, 0.15) is 11.1 Å². The molecular weight excluding hydrogens is 328 g/mol. The summed E-state index contributed by atoms with van der Waals surface area (Å²) < 4.78 is 10.3. The van der Waals surface area contributed by atoms with Gasteiger partial charge in [-0.05, 0) is 41.0 Å². The lowest BCUT2D eigenvalue weighted by atomic mass is 10.1. The summed E-state index contributed by atoms with van der Waals surface area (Å²) in [6.07, 6.45) is 2.14. The number of benzene rings is 3. The summed E-state index contributed by atoms with van der Waals surface area (Å²) in [5, 5.41) is 2.21. The van der Waals surface area contributed by atoms with Crippen LogP contribution in [0.3, 0.4) is 0 Å². The molecule has 0 aliphatic rings. The van der Waals surface area contributed by atoms with E-state index >= 15 is 0 Å². The molecule has 0 spiro atoms. The first-order chi connectivity index (χ1) is 12.6. The summed E-state index contributed by atoms with van der Waals surface area (Å²) in [7, 11) is 0. The Bertz CT molecular complexity index is 973. The molecule has 4 nitrogen and oxygen atoms in total. The number of para-hydroxylation sites is 1. The van der Waals surface area contributed by atoms with Gasteiger partial charge in [-0.1, -0.05) is 54.6 Å². The quantitative estimate of drug-likeness (QED) is 0.391. The van der Waals surface area contributed by atoms with Gasteiger partial charge in [0.1, 0.15) is 12.4 Å². The lowest BCUT2D eigenvalue weighted by molar-refractivity contribution is -0.139. The van der Waals surface area contributed by atoms with Crippen molar-refractivity contribution in [1.82, 2.24) is 0 Å². The molecule has 0 saturated carbocycles. The van der Waals surface area contributed by atoms with Crippen molar-refractivity contribution in [3.63, 3.8) is 0 Å². The molecule has 0 atom stereocenters. The summed E-state index contributed by atoms with van der Waals surface area (Å²) in [5.74, 6) is -0.756. The molecule has 0 unspecified atom stereocenters. The Morgan fingerprint density at radius 3 is 2.35 bits per heavy atom. The van der Waals surface area contributed by atoms with E-state index in [0.29, 0.717) is 5.75 Å². The molecular formula is C22H18O4. The molecule has 0 bridgehead atoms. The van der Waals surface area contributed by atoms with Crippen LogP contribution in [0.2, 0.25) is 0 Å². The van der Waals surface area contributed by atoms with Crippen molar-refractivity contribution in [3.05, 3.63) is 90.0 Å². The van der Waals surface area contributed by atoms with E-state index < -0.39 is 11.9 Å². The van der Waals surface area contributed by atoms with Crippen LogP contribution in [0.15, 0.2) is 78.9 Å². The predicted molar refractivity (Wildman–Crippen MR) is 99.7 cm³/mol. The Kier molecular flexibility index (Phi) is 5.44. The first-order valence-electron chi connectivity index (χ1n) is 8.22. The molecule has 3 rings (SSSR count). The summed E-state index contributed by atoms with van der Waals surface area (Å²) in [4.78, 5) is 23.6. The smallest absolute Gasteiger partial charge is 0.336 e. The standard InChI is InChI=1S/C22H18O4/c1-16-6-2-5-9-20(16)26-22(24)13-12-21(23)25-15-17-10-11-18-7-3-4-8-19(18)14-17/h2-14H,15H2,1H3/b13-12+. The van der Waals surface area contributed by atoms with Crippen molar-refractivity contribution in [2.45, 2.75) is 13.5 Å². The molecule has 26 heavy (non-hydrogen) atoms. The van der Waals surface area contributed by atoms with Gasteiger partial charge in [0.2, 0.25) is 0 Å². The van der Waals surface area contributed by atoms with E-state index in [2.05, 4.69) is 0 Å². The fourth-order valence-electron chi connectivity index (χ4n) is 2.48. The van der Waals surface area contributed by atoms with E-state index in [0.717, 1.165) is 34.1 Å². The highest BCUT2D eigenvalue weighted by Crippen LogP contribution is 2.17. The van der Waals surface area contributed by atoms with Gasteiger partial charge in [0.25, 0.3) is 0 Å². The number of rotatable bonds is 5. The van der Waals surface area contributed by atoms with E-state index in [9.17, 15) is 9.59 Å². The number of ether oxygens (including phenoxy) is 2. The van der Waals surface area contributed by atoms with Crippen LogP contribution in [0, 0.1) is 6.92 Å². The fraction of sp³-hybridized carbons (Fsp3) is 0.0909. The Balaban J connectivity index is 1.53. The molecule has 0 radical (unpaired) electrons. The Hall–Kier alpha value is -3.40. The first-order valence-corrected chi connectivity index (χ1v) is 8.22. The van der Waals surface area contributed by atoms with Gasteiger partial charge < -0.3 is 9.47 Å². The lowest BCUT2D eigenvalue weighted by Gasteiger charge is -2.05. The zero-order valence-electron chi connectivity index (χ0n) is 14.3. The second-order valence-electron chi connectivity index (χ2n) is 5.81. The Morgan fingerprint density at radius 1 is 0.846 bits per heavy atom. The lowest BCUT2D eigenvalue weighted by Crippen LogP contribution is -2.07. The molecule has 0 saturated heterocycles. The number of hydrogen-bond acceptors (Lipinski definition) is 4. The summed E-state index contributed by atoms with van der Waals surface area (Å²) in [6.45, 7) is 1.98. The maximum Gasteiger partial charge on any atom is 0.336 e. The van der Waals surface area contributed by atoms with Gasteiger partial charge in [0.15, 0.2) is 0 Å². The van der Waals surface area contributed by atoms with Crippen LogP contribution in [0.4, 0.5) is 0 Å². The van der Waals surface area contributed by atoms with Crippen molar-refractivity contribution in [1.29, 1.82) is 0 Å². The Labute approximate surface area is 151 Å². The largest absolute Gasteiger partial charge is 0.458 e. The molecule has 0 fully saturated rings. The van der Waals surface area contributed by atoms with Gasteiger partial charge in [0.05, 0.1) is 0 Å². The predicted octanol–water partition coefficient (Wildman–Crippen LogP) is 4.35. The monoisotopic (exact) mass is 346 g/mol. The third-order valence-corrected chi connectivity index (χ3v) is 3.85. The van der Waals surface area contributed by atoms with Crippen molar-refractivity contribution in [2.75, 3.05) is 0 Å². The van der Waals surface area contributed by atoms with Crippen molar-refractivity contribution in [2.24, 2.45) is 0 Å². The molecule has 0 N–H and O–H groups in total. The van der Waals surface area contributed by atoms with E-state index in [1.165, 1.54) is 0 Å². The van der Waals surface area contributed by atoms with Gasteiger partial charge in [0, 0.05) is 12.2 Å². The van der Waals surface area contributed by atoms with E-state index in [4.69, 9.17) is 9.47 Å². The van der Waals surface area contributed by atoms with Gasteiger partial charge in [-0.15, -0.1) is 0 Å². The fourth-order valence-corrected chi connectivity index (χ4v) is 2.48. The molecule has 0 heterocycles. The molecule has 0 aromatic heterocycles. The van der Waals surface area contributed by atoms with Crippen LogP contribution in [0.25, 0.3) is 10.8 Å². The number of aryl methyl sites for hydroxylation is 1. The maximum atomic E-state index is 11.8. The highest BCUT2D eigenvalue weighted by atomic mass is 16.5. The summed E-state index contributed by atoms with van der Waals surface area (Å²) in [6, 6.07) is 21.0. The van der Waals surface area contributed by atoms with Crippen LogP contribution in [-0.2, 0) is 20.9 Å². The third kappa shape index (κ3) is 4.57. The van der Waals surface area contributed by atoms with Crippen LogP contribution in [0.5, 0.6) is 5.75 Å². The zero-order valence-corrected chi connectivity index (χ0v) is 14.3. The maximum absolute atomic E-state index is 11.8. The van der Waals surface area contributed by atoms with Gasteiger partial charge in [-0.25, -0.2) is 9.59 Å². The number of hydrogen-bond donors (Lipinski definition) is 0. The minimum absolute atomic E-state index is 0.140. The molecule has 0 aliphatic heterocycles. The second-order valence-corrected chi connectivity index (χ2v) is 5.81. The average molecular weight is 346 g/mol. The normalized spacial score (nSPS) is 10.8. The van der Waals surface area contributed by atoms with Gasteiger partial charge >= 0.3 is 11.9 Å². The molecule has 3 aromatic rings. The molecule has 4 heteroatoms. The van der Waals surface area contributed by atoms with Gasteiger partial charge in [-0.2, -0.15) is 0 Å². The van der Waals surface area contributed by atoms with E-state index in [1.807, 2.05) is 61.5 Å². The second kappa shape index (κ2) is 8.12.